The Balaban J connectivity index is 1.89. The van der Waals surface area contributed by atoms with Gasteiger partial charge in [-0.1, -0.05) is 19.3 Å². The van der Waals surface area contributed by atoms with Crippen LogP contribution < -0.4 is 5.32 Å². The van der Waals surface area contributed by atoms with E-state index < -0.39 is 0 Å². The largest absolute Gasteiger partial charge is 0.392 e. The first kappa shape index (κ1) is 16.9. The Kier molecular flexibility index (Phi) is 10.3. The third kappa shape index (κ3) is 8.55. The van der Waals surface area contributed by atoms with Gasteiger partial charge in [0.25, 0.3) is 0 Å². The van der Waals surface area contributed by atoms with Crippen molar-refractivity contribution >= 4 is 0 Å². The molecule has 1 aliphatic rings. The summed E-state index contributed by atoms with van der Waals surface area (Å²) < 4.78 is 15.6. The molecule has 5 nitrogen and oxygen atoms in total. The average molecular weight is 275 g/mol. The van der Waals surface area contributed by atoms with E-state index in [2.05, 4.69) is 5.32 Å². The molecular weight excluding hydrogens is 246 g/mol. The van der Waals surface area contributed by atoms with Crippen molar-refractivity contribution in [2.24, 2.45) is 0 Å². The van der Waals surface area contributed by atoms with Crippen LogP contribution in [-0.2, 0) is 14.2 Å². The number of hydrogen-bond donors (Lipinski definition) is 2. The lowest BCUT2D eigenvalue weighted by Crippen LogP contribution is -2.40. The fourth-order valence-electron chi connectivity index (χ4n) is 2.31. The van der Waals surface area contributed by atoms with Crippen LogP contribution >= 0.6 is 0 Å². The molecule has 0 saturated heterocycles. The van der Waals surface area contributed by atoms with Crippen molar-refractivity contribution in [2.45, 2.75) is 44.2 Å². The van der Waals surface area contributed by atoms with E-state index in [0.717, 1.165) is 25.8 Å². The summed E-state index contributed by atoms with van der Waals surface area (Å²) in [6, 6.07) is 0.240. The molecule has 0 spiro atoms. The first-order valence-corrected chi connectivity index (χ1v) is 7.40. The minimum atomic E-state index is -0.195. The number of aliphatic hydroxyl groups excluding tert-OH is 1. The fourth-order valence-corrected chi connectivity index (χ4v) is 2.31. The van der Waals surface area contributed by atoms with Gasteiger partial charge in [-0.15, -0.1) is 0 Å². The van der Waals surface area contributed by atoms with Crippen molar-refractivity contribution in [3.05, 3.63) is 0 Å². The molecule has 2 N–H and O–H groups in total. The molecule has 2 unspecified atom stereocenters. The maximum absolute atomic E-state index is 9.94. The molecule has 0 heterocycles. The summed E-state index contributed by atoms with van der Waals surface area (Å²) in [6.07, 6.45) is 5.40. The lowest BCUT2D eigenvalue weighted by Gasteiger charge is -2.21. The Labute approximate surface area is 116 Å². The summed E-state index contributed by atoms with van der Waals surface area (Å²) in [5.74, 6) is 0. The zero-order valence-electron chi connectivity index (χ0n) is 12.1. The summed E-state index contributed by atoms with van der Waals surface area (Å²) in [5, 5.41) is 13.3. The highest BCUT2D eigenvalue weighted by atomic mass is 16.5. The molecule has 0 bridgehead atoms. The molecule has 1 rings (SSSR count). The first-order valence-electron chi connectivity index (χ1n) is 7.40. The molecule has 0 aromatic rings. The lowest BCUT2D eigenvalue weighted by molar-refractivity contribution is 0.0239. The molecule has 0 aliphatic heterocycles. The summed E-state index contributed by atoms with van der Waals surface area (Å²) in [6.45, 7) is 3.91. The SMILES string of the molecule is COCCOCCOCCNC1CCCCCC1O. The molecule has 1 aliphatic carbocycles. The zero-order valence-corrected chi connectivity index (χ0v) is 12.1. The highest BCUT2D eigenvalue weighted by molar-refractivity contribution is 4.78. The van der Waals surface area contributed by atoms with E-state index in [1.54, 1.807) is 7.11 Å². The van der Waals surface area contributed by atoms with Gasteiger partial charge >= 0.3 is 0 Å². The van der Waals surface area contributed by atoms with E-state index in [1.165, 1.54) is 12.8 Å². The van der Waals surface area contributed by atoms with Gasteiger partial charge in [0.1, 0.15) is 0 Å². The van der Waals surface area contributed by atoms with Crippen molar-refractivity contribution in [3.8, 4) is 0 Å². The fraction of sp³-hybridized carbons (Fsp3) is 1.00. The van der Waals surface area contributed by atoms with Gasteiger partial charge in [0, 0.05) is 19.7 Å². The topological polar surface area (TPSA) is 60.0 Å². The molecular formula is C14H29NO4. The predicted octanol–water partition coefficient (Wildman–Crippen LogP) is 0.949. The minimum Gasteiger partial charge on any atom is -0.392 e. The molecule has 1 saturated carbocycles. The Morgan fingerprint density at radius 3 is 2.42 bits per heavy atom. The van der Waals surface area contributed by atoms with E-state index in [1.807, 2.05) is 0 Å². The van der Waals surface area contributed by atoms with Gasteiger partial charge in [-0.3, -0.25) is 0 Å². The van der Waals surface area contributed by atoms with E-state index in [4.69, 9.17) is 14.2 Å². The number of aliphatic hydroxyl groups is 1. The molecule has 0 amide bonds. The van der Waals surface area contributed by atoms with Crippen LogP contribution in [0.15, 0.2) is 0 Å². The van der Waals surface area contributed by atoms with Crippen molar-refractivity contribution in [3.63, 3.8) is 0 Å². The van der Waals surface area contributed by atoms with Crippen molar-refractivity contribution in [1.82, 2.24) is 5.32 Å². The second kappa shape index (κ2) is 11.6. The van der Waals surface area contributed by atoms with Crippen LogP contribution in [0.4, 0.5) is 0 Å². The van der Waals surface area contributed by atoms with E-state index in [0.29, 0.717) is 33.0 Å². The number of methoxy groups -OCH3 is 1. The van der Waals surface area contributed by atoms with Crippen LogP contribution in [0.2, 0.25) is 0 Å². The standard InChI is InChI=1S/C14H29NO4/c1-17-9-10-19-12-11-18-8-7-15-13-5-3-2-4-6-14(13)16/h13-16H,2-12H2,1H3. The molecule has 0 radical (unpaired) electrons. The van der Waals surface area contributed by atoms with Gasteiger partial charge in [-0.25, -0.2) is 0 Å². The second-order valence-electron chi connectivity index (χ2n) is 4.98. The second-order valence-corrected chi connectivity index (χ2v) is 4.98. The highest BCUT2D eigenvalue weighted by Crippen LogP contribution is 2.17. The van der Waals surface area contributed by atoms with Gasteiger partial charge in [0.05, 0.1) is 39.1 Å². The Hall–Kier alpha value is -0.200. The van der Waals surface area contributed by atoms with Gasteiger partial charge in [-0.2, -0.15) is 0 Å². The van der Waals surface area contributed by atoms with E-state index >= 15 is 0 Å². The highest BCUT2D eigenvalue weighted by Gasteiger charge is 2.20. The molecule has 0 aromatic carbocycles. The normalized spacial score (nSPS) is 24.3. The van der Waals surface area contributed by atoms with Crippen LogP contribution in [-0.4, -0.2) is 63.9 Å². The van der Waals surface area contributed by atoms with Crippen LogP contribution in [0, 0.1) is 0 Å². The van der Waals surface area contributed by atoms with Crippen molar-refractivity contribution in [1.29, 1.82) is 0 Å². The van der Waals surface area contributed by atoms with Crippen molar-refractivity contribution in [2.75, 3.05) is 46.7 Å². The third-order valence-electron chi connectivity index (χ3n) is 3.44. The number of rotatable bonds is 10. The van der Waals surface area contributed by atoms with Gasteiger partial charge < -0.3 is 24.6 Å². The summed E-state index contributed by atoms with van der Waals surface area (Å²) in [4.78, 5) is 0. The van der Waals surface area contributed by atoms with Gasteiger partial charge in [-0.05, 0) is 12.8 Å². The molecule has 1 fully saturated rings. The number of ether oxygens (including phenoxy) is 3. The van der Waals surface area contributed by atoms with Crippen LogP contribution in [0.1, 0.15) is 32.1 Å². The summed E-state index contributed by atoms with van der Waals surface area (Å²) in [7, 11) is 1.66. The Bertz CT molecular complexity index is 204. The smallest absolute Gasteiger partial charge is 0.0701 e. The summed E-state index contributed by atoms with van der Waals surface area (Å²) >= 11 is 0. The Morgan fingerprint density at radius 2 is 1.63 bits per heavy atom. The minimum absolute atomic E-state index is 0.195. The zero-order chi connectivity index (χ0) is 13.8. The van der Waals surface area contributed by atoms with Crippen LogP contribution in [0.5, 0.6) is 0 Å². The lowest BCUT2D eigenvalue weighted by atomic mass is 10.1. The molecule has 114 valence electrons. The van der Waals surface area contributed by atoms with Crippen LogP contribution in [0.25, 0.3) is 0 Å². The van der Waals surface area contributed by atoms with Crippen LogP contribution in [0.3, 0.4) is 0 Å². The number of hydrogen-bond acceptors (Lipinski definition) is 5. The molecule has 2 atom stereocenters. The molecule has 19 heavy (non-hydrogen) atoms. The molecule has 0 aromatic heterocycles. The van der Waals surface area contributed by atoms with Gasteiger partial charge in [0.15, 0.2) is 0 Å². The number of nitrogens with one attached hydrogen (secondary N) is 1. The molecule has 5 heteroatoms. The predicted molar refractivity (Wildman–Crippen MR) is 74.4 cm³/mol. The van der Waals surface area contributed by atoms with Crippen molar-refractivity contribution < 1.29 is 19.3 Å². The Morgan fingerprint density at radius 1 is 0.947 bits per heavy atom. The third-order valence-corrected chi connectivity index (χ3v) is 3.44. The maximum Gasteiger partial charge on any atom is 0.0701 e. The van der Waals surface area contributed by atoms with E-state index in [-0.39, 0.29) is 12.1 Å². The quantitative estimate of drug-likeness (QED) is 0.459. The first-order chi connectivity index (χ1) is 9.34. The maximum atomic E-state index is 9.94. The average Bonchev–Trinajstić information content (AvgIpc) is 2.62. The van der Waals surface area contributed by atoms with Gasteiger partial charge in [0.2, 0.25) is 0 Å². The summed E-state index contributed by atoms with van der Waals surface area (Å²) in [5.41, 5.74) is 0. The van der Waals surface area contributed by atoms with E-state index in [9.17, 15) is 5.11 Å². The monoisotopic (exact) mass is 275 g/mol.